The van der Waals surface area contributed by atoms with Crippen LogP contribution in [0.1, 0.15) is 12.5 Å². The van der Waals surface area contributed by atoms with E-state index in [4.69, 9.17) is 9.47 Å². The van der Waals surface area contributed by atoms with Crippen molar-refractivity contribution < 1.29 is 27.8 Å². The summed E-state index contributed by atoms with van der Waals surface area (Å²) >= 11 is 0. The fourth-order valence-electron chi connectivity index (χ4n) is 2.48. The van der Waals surface area contributed by atoms with Crippen molar-refractivity contribution in [3.05, 3.63) is 54.1 Å². The first-order valence-electron chi connectivity index (χ1n) is 7.77. The van der Waals surface area contributed by atoms with Crippen LogP contribution in [0, 0.1) is 0 Å². The van der Waals surface area contributed by atoms with Crippen LogP contribution in [0.25, 0.3) is 0 Å². The summed E-state index contributed by atoms with van der Waals surface area (Å²) in [5.74, 6) is 0.886. The second-order valence-electron chi connectivity index (χ2n) is 5.55. The van der Waals surface area contributed by atoms with Gasteiger partial charge >= 0.3 is 6.61 Å². The van der Waals surface area contributed by atoms with E-state index in [0.717, 1.165) is 5.56 Å². The quantitative estimate of drug-likeness (QED) is 0.901. The molecular formula is C18H17F2NO4. The lowest BCUT2D eigenvalue weighted by Crippen LogP contribution is -2.48. The van der Waals surface area contributed by atoms with E-state index in [2.05, 4.69) is 10.1 Å². The van der Waals surface area contributed by atoms with Gasteiger partial charge < -0.3 is 19.5 Å². The molecule has 0 aliphatic carbocycles. The zero-order valence-electron chi connectivity index (χ0n) is 13.4. The molecule has 25 heavy (non-hydrogen) atoms. The van der Waals surface area contributed by atoms with E-state index in [1.807, 2.05) is 6.07 Å². The Balaban J connectivity index is 1.57. The Labute approximate surface area is 143 Å². The van der Waals surface area contributed by atoms with Gasteiger partial charge in [0.2, 0.25) is 6.10 Å². The first-order valence-corrected chi connectivity index (χ1v) is 7.77. The Morgan fingerprint density at radius 2 is 1.76 bits per heavy atom. The predicted octanol–water partition coefficient (Wildman–Crippen LogP) is 3.13. The van der Waals surface area contributed by atoms with E-state index < -0.39 is 18.8 Å². The summed E-state index contributed by atoms with van der Waals surface area (Å²) in [4.78, 5) is 12.4. The summed E-state index contributed by atoms with van der Waals surface area (Å²) < 4.78 is 39.9. The maximum absolute atomic E-state index is 12.4. The zero-order chi connectivity index (χ0) is 17.8. The summed E-state index contributed by atoms with van der Waals surface area (Å²) in [6, 6.07) is 13.2. The molecule has 132 valence electrons. The normalized spacial score (nSPS) is 18.7. The number of hydrogen-bond acceptors (Lipinski definition) is 4. The molecule has 0 fully saturated rings. The van der Waals surface area contributed by atoms with Crippen molar-refractivity contribution in [3.63, 3.8) is 0 Å². The highest BCUT2D eigenvalue weighted by Crippen LogP contribution is 2.33. The van der Waals surface area contributed by atoms with Crippen molar-refractivity contribution in [2.45, 2.75) is 32.3 Å². The lowest BCUT2D eigenvalue weighted by atomic mass is 10.1. The number of carbonyl (C=O) groups is 1. The average Bonchev–Trinajstić information content (AvgIpc) is 2.60. The number of nitrogens with one attached hydrogen (secondary N) is 1. The van der Waals surface area contributed by atoms with E-state index in [9.17, 15) is 13.6 Å². The van der Waals surface area contributed by atoms with Gasteiger partial charge in [-0.15, -0.1) is 0 Å². The molecule has 7 heteroatoms. The number of amides is 1. The average molecular weight is 349 g/mol. The zero-order valence-corrected chi connectivity index (χ0v) is 13.4. The van der Waals surface area contributed by atoms with Gasteiger partial charge in [0.1, 0.15) is 11.9 Å². The molecule has 1 N–H and O–H groups in total. The summed E-state index contributed by atoms with van der Waals surface area (Å²) in [5.41, 5.74) is 0.750. The third kappa shape index (κ3) is 4.17. The van der Waals surface area contributed by atoms with Gasteiger partial charge in [0.15, 0.2) is 11.5 Å². The second-order valence-corrected chi connectivity index (χ2v) is 5.55. The van der Waals surface area contributed by atoms with Crippen molar-refractivity contribution in [2.75, 3.05) is 0 Å². The molecule has 1 aliphatic heterocycles. The minimum absolute atomic E-state index is 0.0688. The highest BCUT2D eigenvalue weighted by atomic mass is 19.3. The Bertz CT molecular complexity index is 736. The molecule has 5 nitrogen and oxygen atoms in total. The lowest BCUT2D eigenvalue weighted by molar-refractivity contribution is -0.133. The van der Waals surface area contributed by atoms with Gasteiger partial charge in [0.25, 0.3) is 5.91 Å². The molecule has 1 heterocycles. The van der Waals surface area contributed by atoms with Crippen LogP contribution in [0.15, 0.2) is 48.5 Å². The Kier molecular flexibility index (Phi) is 5.02. The standard InChI is InChI=1S/C18H17F2NO4/c1-11-16(25-15-5-3-2-4-14(15)23-11)17(22)21-10-12-6-8-13(9-7-12)24-18(19)20/h2-9,11,16,18H,10H2,1H3,(H,21,22)/t11-,16+/m1/s1. The maximum Gasteiger partial charge on any atom is 0.387 e. The van der Waals surface area contributed by atoms with E-state index in [1.54, 1.807) is 37.3 Å². The number of fused-ring (bicyclic) bond motifs is 1. The van der Waals surface area contributed by atoms with Crippen LogP contribution in [0.5, 0.6) is 17.2 Å². The first-order chi connectivity index (χ1) is 12.0. The molecule has 2 aromatic carbocycles. The van der Waals surface area contributed by atoms with E-state index in [-0.39, 0.29) is 18.2 Å². The molecular weight excluding hydrogens is 332 g/mol. The number of para-hydroxylation sites is 2. The molecule has 3 rings (SSSR count). The van der Waals surface area contributed by atoms with E-state index in [1.165, 1.54) is 12.1 Å². The van der Waals surface area contributed by atoms with Gasteiger partial charge in [0, 0.05) is 6.54 Å². The van der Waals surface area contributed by atoms with Gasteiger partial charge in [-0.3, -0.25) is 4.79 Å². The minimum atomic E-state index is -2.86. The fourth-order valence-corrected chi connectivity index (χ4v) is 2.48. The smallest absolute Gasteiger partial charge is 0.387 e. The minimum Gasteiger partial charge on any atom is -0.482 e. The van der Waals surface area contributed by atoms with Crippen LogP contribution in [-0.4, -0.2) is 24.7 Å². The van der Waals surface area contributed by atoms with E-state index >= 15 is 0 Å². The highest BCUT2D eigenvalue weighted by Gasteiger charge is 2.33. The molecule has 0 saturated carbocycles. The predicted molar refractivity (Wildman–Crippen MR) is 85.9 cm³/mol. The van der Waals surface area contributed by atoms with Crippen LogP contribution in [-0.2, 0) is 11.3 Å². The largest absolute Gasteiger partial charge is 0.482 e. The van der Waals surface area contributed by atoms with Crippen molar-refractivity contribution in [1.82, 2.24) is 5.32 Å². The molecule has 0 unspecified atom stereocenters. The maximum atomic E-state index is 12.4. The fraction of sp³-hybridized carbons (Fsp3) is 0.278. The summed E-state index contributed by atoms with van der Waals surface area (Å²) in [7, 11) is 0. The molecule has 0 aromatic heterocycles. The molecule has 0 spiro atoms. The third-order valence-corrected chi connectivity index (χ3v) is 3.72. The van der Waals surface area contributed by atoms with Gasteiger partial charge in [-0.05, 0) is 36.8 Å². The first kappa shape index (κ1) is 17.0. The van der Waals surface area contributed by atoms with Gasteiger partial charge in [0.05, 0.1) is 0 Å². The molecule has 1 amide bonds. The molecule has 0 radical (unpaired) electrons. The van der Waals surface area contributed by atoms with Crippen molar-refractivity contribution >= 4 is 5.91 Å². The van der Waals surface area contributed by atoms with E-state index in [0.29, 0.717) is 11.5 Å². The number of ether oxygens (including phenoxy) is 3. The highest BCUT2D eigenvalue weighted by molar-refractivity contribution is 5.82. The van der Waals surface area contributed by atoms with Crippen LogP contribution in [0.3, 0.4) is 0 Å². The summed E-state index contributed by atoms with van der Waals surface area (Å²) in [5, 5.41) is 2.76. The topological polar surface area (TPSA) is 56.8 Å². The van der Waals surface area contributed by atoms with Crippen LogP contribution >= 0.6 is 0 Å². The Hall–Kier alpha value is -2.83. The van der Waals surface area contributed by atoms with Crippen molar-refractivity contribution in [3.8, 4) is 17.2 Å². The van der Waals surface area contributed by atoms with Gasteiger partial charge in [-0.1, -0.05) is 24.3 Å². The third-order valence-electron chi connectivity index (χ3n) is 3.72. The van der Waals surface area contributed by atoms with Gasteiger partial charge in [-0.2, -0.15) is 8.78 Å². The monoisotopic (exact) mass is 349 g/mol. The number of alkyl halides is 2. The summed E-state index contributed by atoms with van der Waals surface area (Å²) in [6.07, 6.45) is -1.20. The number of rotatable bonds is 5. The van der Waals surface area contributed by atoms with Crippen LogP contribution in [0.2, 0.25) is 0 Å². The summed E-state index contributed by atoms with van der Waals surface area (Å²) in [6.45, 7) is -0.864. The van der Waals surface area contributed by atoms with Gasteiger partial charge in [-0.25, -0.2) is 0 Å². The molecule has 2 atom stereocenters. The van der Waals surface area contributed by atoms with Crippen molar-refractivity contribution in [1.29, 1.82) is 0 Å². The number of halogens is 2. The second kappa shape index (κ2) is 7.38. The molecule has 0 bridgehead atoms. The SMILES string of the molecule is C[C@H]1Oc2ccccc2O[C@@H]1C(=O)NCc1ccc(OC(F)F)cc1. The Morgan fingerprint density at radius 1 is 1.12 bits per heavy atom. The number of benzene rings is 2. The van der Waals surface area contributed by atoms with Crippen LogP contribution in [0.4, 0.5) is 8.78 Å². The molecule has 2 aromatic rings. The van der Waals surface area contributed by atoms with Crippen LogP contribution < -0.4 is 19.5 Å². The number of hydrogen-bond donors (Lipinski definition) is 1. The van der Waals surface area contributed by atoms with Crippen molar-refractivity contribution in [2.24, 2.45) is 0 Å². The molecule has 1 aliphatic rings. The Morgan fingerprint density at radius 3 is 2.40 bits per heavy atom. The lowest BCUT2D eigenvalue weighted by Gasteiger charge is -2.31. The molecule has 0 saturated heterocycles. The number of carbonyl (C=O) groups excluding carboxylic acids is 1.